The average Bonchev–Trinajstić information content (AvgIpc) is 4.11. The van der Waals surface area contributed by atoms with Gasteiger partial charge in [-0.3, -0.25) is 0 Å². The van der Waals surface area contributed by atoms with E-state index in [0.717, 1.165) is 72.1 Å². The summed E-state index contributed by atoms with van der Waals surface area (Å²) in [6.07, 6.45) is -4.92. The Morgan fingerprint density at radius 1 is 0.295 bits per heavy atom. The van der Waals surface area contributed by atoms with Gasteiger partial charge in [0, 0.05) is 27.1 Å². The molecule has 2 aromatic heterocycles. The van der Waals surface area contributed by atoms with Crippen molar-refractivity contribution in [2.45, 2.75) is 6.18 Å². The van der Waals surface area contributed by atoms with Crippen molar-refractivity contribution in [2.75, 3.05) is 0 Å². The van der Waals surface area contributed by atoms with Gasteiger partial charge in [-0.2, -0.15) is 44.7 Å². The number of benzene rings is 10. The molecule has 0 saturated heterocycles. The molecule has 362 valence electrons. The molecule has 0 aliphatic carbocycles. The number of nitriles is 6. The van der Waals surface area contributed by atoms with Crippen LogP contribution in [0.2, 0.25) is 0 Å². The highest BCUT2D eigenvalue weighted by Crippen LogP contribution is 2.46. The Kier molecular flexibility index (Phi) is 11.4. The molecule has 0 unspecified atom stereocenters. The quantitative estimate of drug-likeness (QED) is 0.155. The molecule has 0 aliphatic rings. The Labute approximate surface area is 444 Å². The van der Waals surface area contributed by atoms with Crippen LogP contribution in [0.25, 0.3) is 111 Å². The summed E-state index contributed by atoms with van der Waals surface area (Å²) < 4.78 is 49.9. The monoisotopic (exact) mass is 1010 g/mol. The van der Waals surface area contributed by atoms with E-state index in [9.17, 15) is 31.6 Å². The van der Waals surface area contributed by atoms with E-state index < -0.39 is 11.7 Å². The van der Waals surface area contributed by atoms with E-state index in [2.05, 4.69) is 30.3 Å². The normalized spacial score (nSPS) is 11.2. The number of hydrogen-bond donors (Lipinski definition) is 0. The third-order valence-electron chi connectivity index (χ3n) is 14.3. The molecular formula is C67H33F3N8. The Morgan fingerprint density at radius 2 is 0.615 bits per heavy atom. The van der Waals surface area contributed by atoms with Crippen LogP contribution < -0.4 is 0 Å². The van der Waals surface area contributed by atoms with Gasteiger partial charge in [0.2, 0.25) is 0 Å². The highest BCUT2D eigenvalue weighted by atomic mass is 19.4. The van der Waals surface area contributed by atoms with E-state index in [4.69, 9.17) is 0 Å². The summed E-state index contributed by atoms with van der Waals surface area (Å²) in [5.41, 5.74) is 10.3. The third-order valence-corrected chi connectivity index (χ3v) is 14.3. The van der Waals surface area contributed by atoms with Gasteiger partial charge < -0.3 is 9.13 Å². The van der Waals surface area contributed by atoms with Crippen LogP contribution >= 0.6 is 0 Å². The molecule has 2 heterocycles. The molecule has 11 heteroatoms. The maximum Gasteiger partial charge on any atom is 0.417 e. The van der Waals surface area contributed by atoms with Crippen molar-refractivity contribution in [2.24, 2.45) is 0 Å². The fraction of sp³-hybridized carbons (Fsp3) is 0.0149. The molecule has 0 bridgehead atoms. The van der Waals surface area contributed by atoms with Gasteiger partial charge in [0.05, 0.1) is 109 Å². The summed E-state index contributed by atoms with van der Waals surface area (Å²) >= 11 is 0. The molecule has 12 rings (SSSR count). The minimum Gasteiger partial charge on any atom is -0.307 e. The summed E-state index contributed by atoms with van der Waals surface area (Å²) in [6, 6.07) is 72.4. The predicted molar refractivity (Wildman–Crippen MR) is 296 cm³/mol. The Bertz CT molecular complexity index is 4590. The molecule has 0 radical (unpaired) electrons. The van der Waals surface area contributed by atoms with Crippen molar-refractivity contribution in [1.29, 1.82) is 31.6 Å². The van der Waals surface area contributed by atoms with Crippen molar-refractivity contribution >= 4 is 43.6 Å². The van der Waals surface area contributed by atoms with Crippen molar-refractivity contribution in [3.63, 3.8) is 0 Å². The first-order chi connectivity index (χ1) is 38.0. The minimum atomic E-state index is -4.92. The smallest absolute Gasteiger partial charge is 0.307 e. The molecule has 78 heavy (non-hydrogen) atoms. The van der Waals surface area contributed by atoms with Crippen LogP contribution in [0.5, 0.6) is 0 Å². The first-order valence-electron chi connectivity index (χ1n) is 24.4. The van der Waals surface area contributed by atoms with Gasteiger partial charge in [0.25, 0.3) is 0 Å². The van der Waals surface area contributed by atoms with Crippen LogP contribution in [-0.2, 0) is 6.18 Å². The lowest BCUT2D eigenvalue weighted by molar-refractivity contribution is -0.137. The first kappa shape index (κ1) is 47.5. The van der Waals surface area contributed by atoms with Crippen LogP contribution in [0, 0.1) is 68.0 Å². The summed E-state index contributed by atoms with van der Waals surface area (Å²) in [4.78, 5) is 0. The van der Waals surface area contributed by atoms with E-state index in [-0.39, 0.29) is 22.3 Å². The number of hydrogen-bond acceptors (Lipinski definition) is 6. The van der Waals surface area contributed by atoms with Gasteiger partial charge in [-0.05, 0) is 171 Å². The second-order valence-electron chi connectivity index (χ2n) is 18.7. The van der Waals surface area contributed by atoms with Gasteiger partial charge >= 0.3 is 6.18 Å². The molecule has 0 N–H and O–H groups in total. The van der Waals surface area contributed by atoms with Gasteiger partial charge in [-0.15, -0.1) is 0 Å². The minimum absolute atomic E-state index is 0.0157. The summed E-state index contributed by atoms with van der Waals surface area (Å²) in [5.74, 6) is 0. The standard InChI is InChI=1S/C67H33F3N8/c68-67(69,70)60-27-44(38-75)13-18-54(60)55-33-66(78-63-21-16-51(47-11-3-7-42(25-47)36-73)30-58(63)59-31-52(17-22-64(59)78)48-12-4-8-43(26-48)37-74)65(32-53(55)39-76)77-61-19-14-49(45-9-1-5-40(23-45)34-71)28-56(61)57-29-50(15-20-62(57)77)46-10-2-6-41(24-46)35-72/h1-33H. The van der Waals surface area contributed by atoms with Crippen LogP contribution in [0.15, 0.2) is 200 Å². The van der Waals surface area contributed by atoms with E-state index in [0.29, 0.717) is 55.7 Å². The topological polar surface area (TPSA) is 153 Å². The van der Waals surface area contributed by atoms with Crippen LogP contribution in [0.4, 0.5) is 13.2 Å². The molecule has 0 atom stereocenters. The summed E-state index contributed by atoms with van der Waals surface area (Å²) in [5, 5.41) is 63.5. The van der Waals surface area contributed by atoms with Crippen LogP contribution in [-0.4, -0.2) is 9.13 Å². The second-order valence-corrected chi connectivity index (χ2v) is 18.7. The lowest BCUT2D eigenvalue weighted by Gasteiger charge is -2.21. The number of nitrogens with zero attached hydrogens (tertiary/aromatic N) is 8. The average molecular weight is 1010 g/mol. The maximum atomic E-state index is 15.3. The zero-order chi connectivity index (χ0) is 53.8. The molecule has 12 aromatic rings. The molecule has 0 saturated carbocycles. The number of halogens is 3. The highest BCUT2D eigenvalue weighted by Gasteiger charge is 2.35. The van der Waals surface area contributed by atoms with E-state index in [1.54, 1.807) is 48.5 Å². The Morgan fingerprint density at radius 3 is 0.936 bits per heavy atom. The molecule has 8 nitrogen and oxygen atoms in total. The first-order valence-corrected chi connectivity index (χ1v) is 24.4. The van der Waals surface area contributed by atoms with Gasteiger partial charge in [0.1, 0.15) is 0 Å². The molecule has 0 amide bonds. The molecular weight excluding hydrogens is 974 g/mol. The molecule has 0 spiro atoms. The molecule has 10 aromatic carbocycles. The van der Waals surface area contributed by atoms with E-state index in [1.165, 1.54) is 12.1 Å². The second kappa shape index (κ2) is 18.8. The zero-order valence-electron chi connectivity index (χ0n) is 40.8. The van der Waals surface area contributed by atoms with Gasteiger partial charge in [-0.1, -0.05) is 78.9 Å². The number of rotatable bonds is 7. The van der Waals surface area contributed by atoms with Crippen molar-refractivity contribution in [1.82, 2.24) is 9.13 Å². The largest absolute Gasteiger partial charge is 0.417 e. The van der Waals surface area contributed by atoms with E-state index >= 15 is 13.2 Å². The van der Waals surface area contributed by atoms with Crippen molar-refractivity contribution in [3.05, 3.63) is 239 Å². The van der Waals surface area contributed by atoms with Gasteiger partial charge in [-0.25, -0.2) is 0 Å². The highest BCUT2D eigenvalue weighted by molar-refractivity contribution is 6.14. The fourth-order valence-corrected chi connectivity index (χ4v) is 10.7. The molecule has 0 fully saturated rings. The van der Waals surface area contributed by atoms with Gasteiger partial charge in [0.15, 0.2) is 0 Å². The van der Waals surface area contributed by atoms with Crippen LogP contribution in [0.1, 0.15) is 38.9 Å². The SMILES string of the molecule is N#Cc1cccc(-c2ccc3c(c2)c2cc(-c4cccc(C#N)c4)ccc2n3-c2cc(C#N)c(-c3ccc(C#N)cc3C(F)(F)F)cc2-n2c3ccc(-c4cccc(C#N)c4)cc3c3cc(-c4cccc(C#N)c4)ccc32)c1. The lowest BCUT2D eigenvalue weighted by Crippen LogP contribution is -2.10. The lowest BCUT2D eigenvalue weighted by atomic mass is 9.92. The fourth-order valence-electron chi connectivity index (χ4n) is 10.7. The zero-order valence-corrected chi connectivity index (χ0v) is 40.8. The number of fused-ring (bicyclic) bond motifs is 6. The Balaban J connectivity index is 1.22. The summed E-state index contributed by atoms with van der Waals surface area (Å²) in [6.45, 7) is 0. The Hall–Kier alpha value is -11.5. The van der Waals surface area contributed by atoms with Crippen molar-refractivity contribution < 1.29 is 13.2 Å². The third kappa shape index (κ3) is 8.08. The van der Waals surface area contributed by atoms with Crippen LogP contribution in [0.3, 0.4) is 0 Å². The summed E-state index contributed by atoms with van der Waals surface area (Å²) in [7, 11) is 0. The predicted octanol–water partition coefficient (Wildman–Crippen LogP) is 16.5. The maximum absolute atomic E-state index is 15.3. The van der Waals surface area contributed by atoms with Crippen molar-refractivity contribution in [3.8, 4) is 103 Å². The van der Waals surface area contributed by atoms with E-state index in [1.807, 2.05) is 149 Å². The number of aromatic nitrogens is 2. The molecule has 0 aliphatic heterocycles. The number of alkyl halides is 3.